The summed E-state index contributed by atoms with van der Waals surface area (Å²) in [6.45, 7) is 0. The number of diazo groups is 1. The first-order valence-corrected chi connectivity index (χ1v) is 3.59. The van der Waals surface area contributed by atoms with Gasteiger partial charge in [-0.05, 0) is 6.07 Å². The molecule has 0 amide bonds. The molecule has 0 fully saturated rings. The Kier molecular flexibility index (Phi) is 2.60. The predicted molar refractivity (Wildman–Crippen MR) is 42.7 cm³/mol. The topological polar surface area (TPSA) is 37.4 Å². The Morgan fingerprint density at radius 1 is 1.36 bits per heavy atom. The van der Waals surface area contributed by atoms with Gasteiger partial charge in [-0.15, -0.1) is 0 Å². The second-order valence-electron chi connectivity index (χ2n) is 2.48. The van der Waals surface area contributed by atoms with Crippen LogP contribution in [0, 0.1) is 5.39 Å². The van der Waals surface area contributed by atoms with Gasteiger partial charge in [-0.25, -0.2) is 0 Å². The molecule has 0 aliphatic rings. The third-order valence-electron chi connectivity index (χ3n) is 1.60. The van der Waals surface area contributed by atoms with Crippen LogP contribution in [0.15, 0.2) is 18.2 Å². The normalized spacial score (nSPS) is 10.8. The molecule has 0 heterocycles. The van der Waals surface area contributed by atoms with Crippen LogP contribution in [0.2, 0.25) is 0 Å². The Balaban J connectivity index is 3.31. The van der Waals surface area contributed by atoms with E-state index >= 15 is 0 Å². The maximum Gasteiger partial charge on any atom is 0.420 e. The fourth-order valence-corrected chi connectivity index (χ4v) is 0.980. The Bertz CT molecular complexity index is 381. The van der Waals surface area contributed by atoms with Crippen molar-refractivity contribution in [2.24, 2.45) is 0 Å². The second-order valence-corrected chi connectivity index (χ2v) is 2.48. The van der Waals surface area contributed by atoms with Crippen LogP contribution in [0.1, 0.15) is 5.56 Å². The van der Waals surface area contributed by atoms with E-state index in [0.29, 0.717) is 6.07 Å². The summed E-state index contributed by atoms with van der Waals surface area (Å²) in [5.74, 6) is -0.301. The van der Waals surface area contributed by atoms with Gasteiger partial charge < -0.3 is 4.74 Å². The Morgan fingerprint density at radius 2 is 2.00 bits per heavy atom. The molecule has 14 heavy (non-hydrogen) atoms. The summed E-state index contributed by atoms with van der Waals surface area (Å²) in [7, 11) is 1.14. The zero-order valence-corrected chi connectivity index (χ0v) is 7.17. The van der Waals surface area contributed by atoms with Gasteiger partial charge in [0.1, 0.15) is 11.3 Å². The molecule has 3 nitrogen and oxygen atoms in total. The van der Waals surface area contributed by atoms with Gasteiger partial charge in [0.2, 0.25) is 5.39 Å². The minimum Gasteiger partial charge on any atom is -0.496 e. The minimum atomic E-state index is -4.52. The van der Waals surface area contributed by atoms with Crippen molar-refractivity contribution in [3.05, 3.63) is 28.7 Å². The lowest BCUT2D eigenvalue weighted by atomic mass is 10.1. The largest absolute Gasteiger partial charge is 0.496 e. The van der Waals surface area contributed by atoms with E-state index in [4.69, 9.17) is 5.39 Å². The van der Waals surface area contributed by atoms with Gasteiger partial charge in [-0.1, -0.05) is 0 Å². The summed E-state index contributed by atoms with van der Waals surface area (Å²) in [6.07, 6.45) is -4.52. The quantitative estimate of drug-likeness (QED) is 0.657. The van der Waals surface area contributed by atoms with E-state index in [1.165, 1.54) is 6.07 Å². The minimum absolute atomic E-state index is 0.168. The van der Waals surface area contributed by atoms with E-state index in [0.717, 1.165) is 13.2 Å². The molecule has 74 valence electrons. The van der Waals surface area contributed by atoms with Crippen molar-refractivity contribution in [3.63, 3.8) is 0 Å². The first-order valence-electron chi connectivity index (χ1n) is 3.59. The summed E-state index contributed by atoms with van der Waals surface area (Å²) in [5.41, 5.74) is -1.13. The van der Waals surface area contributed by atoms with Crippen molar-refractivity contribution in [3.8, 4) is 5.75 Å². The summed E-state index contributed by atoms with van der Waals surface area (Å²) in [5, 5.41) is 8.31. The summed E-state index contributed by atoms with van der Waals surface area (Å²) < 4.78 is 41.6. The number of methoxy groups -OCH3 is 1. The zero-order chi connectivity index (χ0) is 10.8. The zero-order valence-electron chi connectivity index (χ0n) is 7.17. The predicted octanol–water partition coefficient (Wildman–Crippen LogP) is 3.20. The number of hydrogen-bond acceptors (Lipinski definition) is 2. The van der Waals surface area contributed by atoms with Crippen LogP contribution in [0.3, 0.4) is 0 Å². The highest BCUT2D eigenvalue weighted by Gasteiger charge is 2.36. The molecular formula is C8H6F3N2O+. The third kappa shape index (κ3) is 1.93. The van der Waals surface area contributed by atoms with Crippen LogP contribution in [0.4, 0.5) is 18.9 Å². The molecule has 0 aliphatic heterocycles. The van der Waals surface area contributed by atoms with Crippen LogP contribution in [0.5, 0.6) is 5.75 Å². The van der Waals surface area contributed by atoms with Crippen LogP contribution in [-0.4, -0.2) is 7.11 Å². The summed E-state index contributed by atoms with van der Waals surface area (Å²) in [6, 6.07) is 3.02. The highest BCUT2D eigenvalue weighted by Crippen LogP contribution is 2.38. The maximum atomic E-state index is 12.3. The smallest absolute Gasteiger partial charge is 0.420 e. The van der Waals surface area contributed by atoms with E-state index in [-0.39, 0.29) is 11.4 Å². The van der Waals surface area contributed by atoms with Gasteiger partial charge in [-0.3, -0.25) is 0 Å². The van der Waals surface area contributed by atoms with Crippen LogP contribution < -0.4 is 4.74 Å². The van der Waals surface area contributed by atoms with Gasteiger partial charge in [0, 0.05) is 12.1 Å². The number of alkyl halides is 3. The van der Waals surface area contributed by atoms with Crippen LogP contribution in [0.25, 0.3) is 4.98 Å². The number of benzene rings is 1. The molecule has 1 rings (SSSR count). The molecule has 0 spiro atoms. The van der Waals surface area contributed by atoms with E-state index in [1.54, 1.807) is 0 Å². The van der Waals surface area contributed by atoms with E-state index in [9.17, 15) is 13.2 Å². The molecule has 0 atom stereocenters. The van der Waals surface area contributed by atoms with Crippen molar-refractivity contribution < 1.29 is 17.9 Å². The van der Waals surface area contributed by atoms with E-state index in [1.807, 2.05) is 0 Å². The fraction of sp³-hybridized carbons (Fsp3) is 0.250. The summed E-state index contributed by atoms with van der Waals surface area (Å²) in [4.78, 5) is 2.66. The standard InChI is InChI=1S/C8H6F3N2O/c1-14-7-3-2-5(13-12)4-6(7)8(9,10)11/h2-4H,1H3/q+1. The lowest BCUT2D eigenvalue weighted by Crippen LogP contribution is -2.06. The number of nitrogens with zero attached hydrogens (tertiary/aromatic N) is 2. The van der Waals surface area contributed by atoms with Crippen molar-refractivity contribution in [1.82, 2.24) is 0 Å². The average molecular weight is 203 g/mol. The molecule has 1 aromatic carbocycles. The van der Waals surface area contributed by atoms with E-state index in [2.05, 4.69) is 9.71 Å². The molecule has 0 N–H and O–H groups in total. The SMILES string of the molecule is COc1ccc([N+]#N)cc1C(F)(F)F. The van der Waals surface area contributed by atoms with Crippen molar-refractivity contribution in [1.29, 1.82) is 5.39 Å². The third-order valence-corrected chi connectivity index (χ3v) is 1.60. The maximum absolute atomic E-state index is 12.3. The lowest BCUT2D eigenvalue weighted by Gasteiger charge is -2.09. The second kappa shape index (κ2) is 3.54. The molecule has 0 saturated heterocycles. The lowest BCUT2D eigenvalue weighted by molar-refractivity contribution is -0.138. The monoisotopic (exact) mass is 203 g/mol. The first kappa shape index (κ1) is 10.3. The molecule has 0 aromatic heterocycles. The van der Waals surface area contributed by atoms with Crippen LogP contribution in [-0.2, 0) is 6.18 Å². The van der Waals surface area contributed by atoms with Gasteiger partial charge >= 0.3 is 11.9 Å². The highest BCUT2D eigenvalue weighted by molar-refractivity contribution is 5.52. The first-order chi connectivity index (χ1) is 6.49. The molecular weight excluding hydrogens is 197 g/mol. The molecule has 1 aromatic rings. The van der Waals surface area contributed by atoms with Crippen molar-refractivity contribution in [2.45, 2.75) is 6.18 Å². The Labute approximate surface area is 77.7 Å². The highest BCUT2D eigenvalue weighted by atomic mass is 19.4. The molecule has 0 bridgehead atoms. The Morgan fingerprint density at radius 3 is 2.43 bits per heavy atom. The van der Waals surface area contributed by atoms with Gasteiger partial charge in [0.05, 0.1) is 7.11 Å². The number of hydrogen-bond donors (Lipinski definition) is 0. The number of ether oxygens (including phenoxy) is 1. The average Bonchev–Trinajstić information content (AvgIpc) is 2.15. The van der Waals surface area contributed by atoms with Crippen molar-refractivity contribution in [2.75, 3.05) is 7.11 Å². The van der Waals surface area contributed by atoms with Gasteiger partial charge in [0.15, 0.2) is 4.98 Å². The molecule has 6 heteroatoms. The van der Waals surface area contributed by atoms with Gasteiger partial charge in [-0.2, -0.15) is 13.2 Å². The fourth-order valence-electron chi connectivity index (χ4n) is 0.980. The molecule has 0 unspecified atom stereocenters. The van der Waals surface area contributed by atoms with Crippen LogP contribution >= 0.6 is 0 Å². The van der Waals surface area contributed by atoms with E-state index < -0.39 is 11.7 Å². The number of rotatable bonds is 1. The Hall–Kier alpha value is -1.77. The van der Waals surface area contributed by atoms with Crippen molar-refractivity contribution >= 4 is 5.69 Å². The van der Waals surface area contributed by atoms with Gasteiger partial charge in [0.25, 0.3) is 0 Å². The molecule has 0 radical (unpaired) electrons. The molecule has 0 saturated carbocycles. The summed E-state index contributed by atoms with van der Waals surface area (Å²) >= 11 is 0. The molecule has 0 aliphatic carbocycles. The number of halogens is 3.